The van der Waals surface area contributed by atoms with Gasteiger partial charge in [-0.05, 0) is 71.4 Å². The molecule has 1 aromatic heterocycles. The molecule has 1 heterocycles. The van der Waals surface area contributed by atoms with Crippen LogP contribution in [-0.2, 0) is 5.41 Å². The molecule has 5 aromatic carbocycles. The Bertz CT molecular complexity index is 1960. The molecule has 0 unspecified atom stereocenters. The van der Waals surface area contributed by atoms with Crippen LogP contribution < -0.4 is 0 Å². The van der Waals surface area contributed by atoms with Crippen molar-refractivity contribution in [3.05, 3.63) is 157 Å². The fraction of sp³-hybridized carbons (Fsp3) is 0.167. The third kappa shape index (κ3) is 6.12. The van der Waals surface area contributed by atoms with Crippen LogP contribution in [0.15, 0.2) is 140 Å². The third-order valence-corrected chi connectivity index (χ3v) is 8.98. The van der Waals surface area contributed by atoms with E-state index >= 15 is 0 Å². The van der Waals surface area contributed by atoms with Gasteiger partial charge in [-0.3, -0.25) is 0 Å². The highest BCUT2D eigenvalue weighted by atomic mass is 15.0. The zero-order valence-corrected chi connectivity index (χ0v) is 26.5. The molecule has 3 heteroatoms. The topological polar surface area (TPSA) is 38.7 Å². The van der Waals surface area contributed by atoms with Crippen LogP contribution in [0.5, 0.6) is 0 Å². The van der Waals surface area contributed by atoms with Crippen molar-refractivity contribution in [1.29, 1.82) is 0 Å². The number of allylic oxidation sites excluding steroid dienone is 4. The second-order valence-corrected chi connectivity index (χ2v) is 11.6. The van der Waals surface area contributed by atoms with Crippen molar-refractivity contribution in [2.45, 2.75) is 46.0 Å². The lowest BCUT2D eigenvalue weighted by molar-refractivity contribution is 0.478. The Morgan fingerprint density at radius 1 is 0.578 bits per heavy atom. The maximum absolute atomic E-state index is 4.92. The first-order valence-corrected chi connectivity index (χ1v) is 15.9. The number of hydrogen-bond acceptors (Lipinski definition) is 3. The van der Waals surface area contributed by atoms with Gasteiger partial charge < -0.3 is 0 Å². The van der Waals surface area contributed by atoms with Gasteiger partial charge in [0.2, 0.25) is 0 Å². The Kier molecular flexibility index (Phi) is 8.79. The summed E-state index contributed by atoms with van der Waals surface area (Å²) in [5, 5.41) is 2.53. The molecular formula is C42H39N3. The average molecular weight is 586 g/mol. The van der Waals surface area contributed by atoms with Gasteiger partial charge in [0.1, 0.15) is 0 Å². The predicted octanol–water partition coefficient (Wildman–Crippen LogP) is 11.1. The Morgan fingerprint density at radius 2 is 1.11 bits per heavy atom. The fourth-order valence-corrected chi connectivity index (χ4v) is 6.23. The summed E-state index contributed by atoms with van der Waals surface area (Å²) in [5.74, 6) is 2.04. The maximum Gasteiger partial charge on any atom is 0.164 e. The molecule has 0 saturated heterocycles. The van der Waals surface area contributed by atoms with Gasteiger partial charge in [-0.1, -0.05) is 147 Å². The number of benzene rings is 5. The van der Waals surface area contributed by atoms with Crippen LogP contribution in [0.2, 0.25) is 0 Å². The van der Waals surface area contributed by atoms with Crippen molar-refractivity contribution in [3.8, 4) is 33.9 Å². The van der Waals surface area contributed by atoms with Gasteiger partial charge in [-0.15, -0.1) is 0 Å². The van der Waals surface area contributed by atoms with E-state index in [0.717, 1.165) is 29.5 Å². The smallest absolute Gasteiger partial charge is 0.164 e. The first-order chi connectivity index (χ1) is 22.0. The van der Waals surface area contributed by atoms with E-state index in [1.54, 1.807) is 0 Å². The van der Waals surface area contributed by atoms with Crippen LogP contribution in [-0.4, -0.2) is 15.0 Å². The monoisotopic (exact) mass is 585 g/mol. The van der Waals surface area contributed by atoms with Gasteiger partial charge in [0.15, 0.2) is 17.5 Å². The highest BCUT2D eigenvalue weighted by Gasteiger charge is 2.30. The predicted molar refractivity (Wildman–Crippen MR) is 190 cm³/mol. The summed E-state index contributed by atoms with van der Waals surface area (Å²) in [4.78, 5) is 14.6. The van der Waals surface area contributed by atoms with Crippen molar-refractivity contribution < 1.29 is 0 Å². The summed E-state index contributed by atoms with van der Waals surface area (Å²) < 4.78 is 0. The first kappa shape index (κ1) is 29.9. The van der Waals surface area contributed by atoms with Crippen LogP contribution in [0, 0.1) is 0 Å². The molecule has 0 aliphatic carbocycles. The van der Waals surface area contributed by atoms with E-state index in [2.05, 4.69) is 105 Å². The zero-order chi connectivity index (χ0) is 31.2. The second-order valence-electron chi connectivity index (χ2n) is 11.6. The van der Waals surface area contributed by atoms with Gasteiger partial charge in [0.05, 0.1) is 0 Å². The van der Waals surface area contributed by atoms with Crippen molar-refractivity contribution in [3.63, 3.8) is 0 Å². The van der Waals surface area contributed by atoms with Gasteiger partial charge >= 0.3 is 0 Å². The van der Waals surface area contributed by atoms with E-state index in [1.807, 2.05) is 62.4 Å². The van der Waals surface area contributed by atoms with Crippen molar-refractivity contribution in [2.75, 3.05) is 0 Å². The lowest BCUT2D eigenvalue weighted by atomic mass is 9.70. The molecule has 222 valence electrons. The molecular weight excluding hydrogens is 546 g/mol. The molecule has 45 heavy (non-hydrogen) atoms. The summed E-state index contributed by atoms with van der Waals surface area (Å²) in [5.41, 5.74) is 7.97. The third-order valence-electron chi connectivity index (χ3n) is 8.98. The summed E-state index contributed by atoms with van der Waals surface area (Å²) in [6.45, 7) is 8.63. The van der Waals surface area contributed by atoms with E-state index in [1.165, 1.54) is 33.0 Å². The SMILES string of the molecule is C/C=C\C=C(/C)c1nc(-c2ccccc2)nc(-c2ccc(C(CC)(CC)c3ccc(-c4ccc5ccccc5c4)cc3)cc2)n1. The zero-order valence-electron chi connectivity index (χ0n) is 26.5. The number of fused-ring (bicyclic) bond motifs is 1. The standard InChI is InChI=1S/C42H39N3/c1-5-8-14-30(4)39-43-40(33-16-10-9-11-17-33)45-41(44-39)34-23-27-38(28-24-34)42(6-2,7-3)37-25-21-32(22-26-37)36-20-19-31-15-12-13-18-35(31)29-36/h5,8-29H,6-7H2,1-4H3/b8-5-,30-14+. The first-order valence-electron chi connectivity index (χ1n) is 15.9. The summed E-state index contributed by atoms with van der Waals surface area (Å²) >= 11 is 0. The van der Waals surface area contributed by atoms with Gasteiger partial charge in [0, 0.05) is 16.5 Å². The van der Waals surface area contributed by atoms with Crippen LogP contribution in [0.4, 0.5) is 0 Å². The summed E-state index contributed by atoms with van der Waals surface area (Å²) in [6.07, 6.45) is 8.06. The highest BCUT2D eigenvalue weighted by Crippen LogP contribution is 2.40. The van der Waals surface area contributed by atoms with Crippen LogP contribution in [0.25, 0.3) is 50.2 Å². The molecule has 0 radical (unpaired) electrons. The molecule has 0 fully saturated rings. The van der Waals surface area contributed by atoms with Crippen molar-refractivity contribution >= 4 is 16.3 Å². The van der Waals surface area contributed by atoms with E-state index in [-0.39, 0.29) is 5.41 Å². The normalized spacial score (nSPS) is 12.2. The van der Waals surface area contributed by atoms with Crippen LogP contribution in [0.3, 0.4) is 0 Å². The molecule has 6 rings (SSSR count). The van der Waals surface area contributed by atoms with Crippen LogP contribution in [0.1, 0.15) is 57.5 Å². The molecule has 0 aliphatic heterocycles. The highest BCUT2D eigenvalue weighted by molar-refractivity contribution is 5.87. The molecule has 6 aromatic rings. The van der Waals surface area contributed by atoms with Crippen molar-refractivity contribution in [1.82, 2.24) is 15.0 Å². The molecule has 0 atom stereocenters. The lowest BCUT2D eigenvalue weighted by Gasteiger charge is -2.33. The second kappa shape index (κ2) is 13.2. The van der Waals surface area contributed by atoms with E-state index < -0.39 is 0 Å². The fourth-order valence-electron chi connectivity index (χ4n) is 6.23. The maximum atomic E-state index is 4.92. The Balaban J connectivity index is 1.34. The molecule has 0 spiro atoms. The molecule has 0 amide bonds. The Hall–Kier alpha value is -5.15. The van der Waals surface area contributed by atoms with Gasteiger partial charge in [0.25, 0.3) is 0 Å². The summed E-state index contributed by atoms with van der Waals surface area (Å²) in [7, 11) is 0. The quantitative estimate of drug-likeness (QED) is 0.158. The Morgan fingerprint density at radius 3 is 1.71 bits per heavy atom. The molecule has 3 nitrogen and oxygen atoms in total. The number of nitrogens with zero attached hydrogens (tertiary/aromatic N) is 3. The molecule has 0 aliphatic rings. The molecule has 0 saturated carbocycles. The average Bonchev–Trinajstić information content (AvgIpc) is 3.12. The minimum Gasteiger partial charge on any atom is -0.209 e. The number of rotatable bonds is 9. The number of aromatic nitrogens is 3. The molecule has 0 N–H and O–H groups in total. The Labute approximate surface area is 267 Å². The van der Waals surface area contributed by atoms with E-state index in [9.17, 15) is 0 Å². The summed E-state index contributed by atoms with van der Waals surface area (Å²) in [6, 6.07) is 43.4. The minimum atomic E-state index is -0.0915. The van der Waals surface area contributed by atoms with E-state index in [4.69, 9.17) is 15.0 Å². The number of hydrogen-bond donors (Lipinski definition) is 0. The molecule has 0 bridgehead atoms. The lowest BCUT2D eigenvalue weighted by Crippen LogP contribution is -2.26. The van der Waals surface area contributed by atoms with Crippen LogP contribution >= 0.6 is 0 Å². The van der Waals surface area contributed by atoms with E-state index in [0.29, 0.717) is 17.5 Å². The minimum absolute atomic E-state index is 0.0915. The van der Waals surface area contributed by atoms with Crippen molar-refractivity contribution in [2.24, 2.45) is 0 Å². The largest absolute Gasteiger partial charge is 0.209 e. The van der Waals surface area contributed by atoms with Gasteiger partial charge in [-0.2, -0.15) is 0 Å². The van der Waals surface area contributed by atoms with Gasteiger partial charge in [-0.25, -0.2) is 15.0 Å².